The monoisotopic (exact) mass is 271 g/mol. The maximum Gasteiger partial charge on any atom is 0.257 e. The predicted octanol–water partition coefficient (Wildman–Crippen LogP) is 2.39. The molecular weight excluding hydrogens is 254 g/mol. The van der Waals surface area contributed by atoms with Crippen molar-refractivity contribution in [1.82, 2.24) is 4.98 Å². The molecule has 5 heteroatoms. The Morgan fingerprint density at radius 2 is 2.00 bits per heavy atom. The molecule has 0 aliphatic carbocycles. The first-order valence-corrected chi connectivity index (χ1v) is 6.34. The Kier molecular flexibility index (Phi) is 5.08. The third-order valence-corrected chi connectivity index (χ3v) is 2.72. The molecule has 0 saturated heterocycles. The molecule has 1 amide bonds. The molecule has 0 aliphatic heterocycles. The van der Waals surface area contributed by atoms with E-state index in [0.717, 1.165) is 11.4 Å². The highest BCUT2D eigenvalue weighted by molar-refractivity contribution is 6.05. The van der Waals surface area contributed by atoms with Crippen LogP contribution in [0.15, 0.2) is 48.8 Å². The second-order valence-corrected chi connectivity index (χ2v) is 4.16. The van der Waals surface area contributed by atoms with Crippen LogP contribution in [-0.2, 0) is 4.74 Å². The van der Waals surface area contributed by atoms with Crippen molar-refractivity contribution in [1.29, 1.82) is 0 Å². The van der Waals surface area contributed by atoms with E-state index in [1.165, 1.54) is 6.20 Å². The third-order valence-electron chi connectivity index (χ3n) is 2.72. The van der Waals surface area contributed by atoms with Gasteiger partial charge in [0, 0.05) is 26.0 Å². The molecule has 2 N–H and O–H groups in total. The van der Waals surface area contributed by atoms with Crippen molar-refractivity contribution in [3.05, 3.63) is 54.4 Å². The molecular formula is C15H17N3O2. The van der Waals surface area contributed by atoms with Crippen LogP contribution in [0.2, 0.25) is 0 Å². The molecule has 1 heterocycles. The average Bonchev–Trinajstić information content (AvgIpc) is 2.50. The first-order chi connectivity index (χ1) is 9.81. The first kappa shape index (κ1) is 14.0. The number of rotatable bonds is 6. The Bertz CT molecular complexity index is 558. The smallest absolute Gasteiger partial charge is 0.257 e. The molecule has 1 aromatic heterocycles. The fourth-order valence-electron chi connectivity index (χ4n) is 1.73. The van der Waals surface area contributed by atoms with Gasteiger partial charge in [0.25, 0.3) is 5.91 Å². The van der Waals surface area contributed by atoms with Gasteiger partial charge >= 0.3 is 0 Å². The van der Waals surface area contributed by atoms with Crippen LogP contribution >= 0.6 is 0 Å². The highest BCUT2D eigenvalue weighted by atomic mass is 16.5. The summed E-state index contributed by atoms with van der Waals surface area (Å²) in [7, 11) is 1.65. The molecule has 0 bridgehead atoms. The number of carbonyl (C=O) groups excluding carboxylic acids is 1. The number of anilines is 2. The van der Waals surface area contributed by atoms with Gasteiger partial charge in [-0.15, -0.1) is 0 Å². The van der Waals surface area contributed by atoms with Crippen molar-refractivity contribution in [2.75, 3.05) is 30.9 Å². The lowest BCUT2D eigenvalue weighted by molar-refractivity contribution is 0.102. The van der Waals surface area contributed by atoms with Gasteiger partial charge in [0.15, 0.2) is 0 Å². The minimum Gasteiger partial charge on any atom is -0.383 e. The number of methoxy groups -OCH3 is 1. The van der Waals surface area contributed by atoms with E-state index in [2.05, 4.69) is 15.6 Å². The predicted molar refractivity (Wildman–Crippen MR) is 79.0 cm³/mol. The van der Waals surface area contributed by atoms with Gasteiger partial charge < -0.3 is 15.4 Å². The van der Waals surface area contributed by atoms with E-state index >= 15 is 0 Å². The van der Waals surface area contributed by atoms with Crippen LogP contribution in [0.3, 0.4) is 0 Å². The number of carbonyl (C=O) groups is 1. The van der Waals surface area contributed by atoms with Crippen LogP contribution in [0.5, 0.6) is 0 Å². The summed E-state index contributed by atoms with van der Waals surface area (Å²) >= 11 is 0. The van der Waals surface area contributed by atoms with Crippen molar-refractivity contribution >= 4 is 17.3 Å². The lowest BCUT2D eigenvalue weighted by Gasteiger charge is -2.12. The van der Waals surface area contributed by atoms with Gasteiger partial charge in [-0.3, -0.25) is 9.78 Å². The molecule has 20 heavy (non-hydrogen) atoms. The van der Waals surface area contributed by atoms with E-state index in [9.17, 15) is 4.79 Å². The minimum absolute atomic E-state index is 0.181. The zero-order valence-corrected chi connectivity index (χ0v) is 11.3. The average molecular weight is 271 g/mol. The van der Waals surface area contributed by atoms with Crippen LogP contribution in [0, 0.1) is 0 Å². The minimum atomic E-state index is -0.181. The number of para-hydroxylation sites is 2. The number of hydrogen-bond donors (Lipinski definition) is 2. The number of nitrogens with zero attached hydrogens (tertiary/aromatic N) is 1. The van der Waals surface area contributed by atoms with Gasteiger partial charge in [-0.25, -0.2) is 0 Å². The van der Waals surface area contributed by atoms with Crippen molar-refractivity contribution in [2.45, 2.75) is 0 Å². The summed E-state index contributed by atoms with van der Waals surface area (Å²) in [6.07, 6.45) is 3.17. The number of pyridine rings is 1. The summed E-state index contributed by atoms with van der Waals surface area (Å²) in [6.45, 7) is 1.28. The van der Waals surface area contributed by atoms with Crippen LogP contribution in [0.1, 0.15) is 10.4 Å². The molecule has 0 spiro atoms. The summed E-state index contributed by atoms with van der Waals surface area (Å²) in [4.78, 5) is 16.0. The van der Waals surface area contributed by atoms with Gasteiger partial charge in [-0.2, -0.15) is 0 Å². The third kappa shape index (κ3) is 3.80. The van der Waals surface area contributed by atoms with E-state index in [1.54, 1.807) is 25.4 Å². The SMILES string of the molecule is COCCNc1ccccc1NC(=O)c1cccnc1. The van der Waals surface area contributed by atoms with E-state index in [0.29, 0.717) is 18.7 Å². The Labute approximate surface area is 118 Å². The molecule has 1 aromatic carbocycles. The van der Waals surface area contributed by atoms with Crippen LogP contribution in [-0.4, -0.2) is 31.2 Å². The van der Waals surface area contributed by atoms with Crippen molar-refractivity contribution in [2.24, 2.45) is 0 Å². The quantitative estimate of drug-likeness (QED) is 0.792. The lowest BCUT2D eigenvalue weighted by Crippen LogP contribution is -2.15. The van der Waals surface area contributed by atoms with Gasteiger partial charge in [0.1, 0.15) is 0 Å². The maximum atomic E-state index is 12.1. The molecule has 104 valence electrons. The number of ether oxygens (including phenoxy) is 1. The highest BCUT2D eigenvalue weighted by Gasteiger charge is 2.08. The van der Waals surface area contributed by atoms with Gasteiger partial charge in [-0.05, 0) is 24.3 Å². The van der Waals surface area contributed by atoms with E-state index < -0.39 is 0 Å². The molecule has 0 saturated carbocycles. The molecule has 2 rings (SSSR count). The lowest BCUT2D eigenvalue weighted by atomic mass is 10.2. The molecule has 0 fully saturated rings. The zero-order chi connectivity index (χ0) is 14.2. The number of benzene rings is 1. The zero-order valence-electron chi connectivity index (χ0n) is 11.3. The van der Waals surface area contributed by atoms with Crippen molar-refractivity contribution in [3.63, 3.8) is 0 Å². The van der Waals surface area contributed by atoms with Crippen LogP contribution in [0.25, 0.3) is 0 Å². The topological polar surface area (TPSA) is 63.2 Å². The molecule has 5 nitrogen and oxygen atoms in total. The van der Waals surface area contributed by atoms with Gasteiger partial charge in [0.2, 0.25) is 0 Å². The molecule has 0 aliphatic rings. The molecule has 2 aromatic rings. The van der Waals surface area contributed by atoms with Gasteiger partial charge in [-0.1, -0.05) is 12.1 Å². The number of amides is 1. The normalized spacial score (nSPS) is 10.1. The van der Waals surface area contributed by atoms with E-state index in [4.69, 9.17) is 4.74 Å². The van der Waals surface area contributed by atoms with E-state index in [-0.39, 0.29) is 5.91 Å². The summed E-state index contributed by atoms with van der Waals surface area (Å²) in [5.41, 5.74) is 2.12. The number of aromatic nitrogens is 1. The Balaban J connectivity index is 2.07. The second kappa shape index (κ2) is 7.25. The fourth-order valence-corrected chi connectivity index (χ4v) is 1.73. The summed E-state index contributed by atoms with van der Waals surface area (Å²) in [6, 6.07) is 11.0. The Hall–Kier alpha value is -2.40. The highest BCUT2D eigenvalue weighted by Crippen LogP contribution is 2.21. The molecule has 0 radical (unpaired) electrons. The van der Waals surface area contributed by atoms with Crippen molar-refractivity contribution in [3.8, 4) is 0 Å². The summed E-state index contributed by atoms with van der Waals surface area (Å²) in [5.74, 6) is -0.181. The Morgan fingerprint density at radius 3 is 2.70 bits per heavy atom. The van der Waals surface area contributed by atoms with Crippen LogP contribution < -0.4 is 10.6 Å². The molecule has 0 unspecified atom stereocenters. The standard InChI is InChI=1S/C15H17N3O2/c1-20-10-9-17-13-6-2-3-7-14(13)18-15(19)12-5-4-8-16-11-12/h2-8,11,17H,9-10H2,1H3,(H,18,19). The van der Waals surface area contributed by atoms with Crippen molar-refractivity contribution < 1.29 is 9.53 Å². The van der Waals surface area contributed by atoms with E-state index in [1.807, 2.05) is 24.3 Å². The largest absolute Gasteiger partial charge is 0.383 e. The molecule has 0 atom stereocenters. The van der Waals surface area contributed by atoms with Gasteiger partial charge in [0.05, 0.1) is 23.5 Å². The Morgan fingerprint density at radius 1 is 1.20 bits per heavy atom. The second-order valence-electron chi connectivity index (χ2n) is 4.16. The summed E-state index contributed by atoms with van der Waals surface area (Å²) in [5, 5.41) is 6.09. The number of hydrogen-bond acceptors (Lipinski definition) is 4. The summed E-state index contributed by atoms with van der Waals surface area (Å²) < 4.78 is 5.00. The van der Waals surface area contributed by atoms with Crippen LogP contribution in [0.4, 0.5) is 11.4 Å². The fraction of sp³-hybridized carbons (Fsp3) is 0.200. The number of nitrogens with one attached hydrogen (secondary N) is 2. The maximum absolute atomic E-state index is 12.1. The first-order valence-electron chi connectivity index (χ1n) is 6.34.